The minimum atomic E-state index is -0.727. The zero-order chi connectivity index (χ0) is 17.1. The predicted molar refractivity (Wildman–Crippen MR) is 85.7 cm³/mol. The molecule has 0 aliphatic rings. The summed E-state index contributed by atoms with van der Waals surface area (Å²) in [7, 11) is 0. The molecule has 0 bridgehead atoms. The summed E-state index contributed by atoms with van der Waals surface area (Å²) < 4.78 is 32.1. The maximum absolute atomic E-state index is 13.7. The van der Waals surface area contributed by atoms with E-state index in [2.05, 4.69) is 15.3 Å². The third kappa shape index (κ3) is 3.83. The lowest BCUT2D eigenvalue weighted by atomic mass is 10.2. The monoisotopic (exact) mass is 349 g/mol. The number of benzene rings is 1. The van der Waals surface area contributed by atoms with E-state index in [1.54, 1.807) is 6.20 Å². The van der Waals surface area contributed by atoms with Crippen molar-refractivity contribution in [1.29, 1.82) is 0 Å². The Morgan fingerprint density at radius 2 is 2.12 bits per heavy atom. The highest BCUT2D eigenvalue weighted by molar-refractivity contribution is 7.15. The molecule has 0 saturated heterocycles. The number of hydrogen-bond acceptors (Lipinski definition) is 5. The SMILES string of the molecule is Cc1cnc(NC(=O)CCc2ncc(-c3ccc(F)cc3F)o2)s1. The van der Waals surface area contributed by atoms with Gasteiger partial charge in [0.1, 0.15) is 11.6 Å². The highest BCUT2D eigenvalue weighted by atomic mass is 32.1. The van der Waals surface area contributed by atoms with Gasteiger partial charge in [0.15, 0.2) is 16.8 Å². The largest absolute Gasteiger partial charge is 0.441 e. The lowest BCUT2D eigenvalue weighted by molar-refractivity contribution is -0.116. The van der Waals surface area contributed by atoms with Crippen molar-refractivity contribution in [1.82, 2.24) is 9.97 Å². The third-order valence-electron chi connectivity index (χ3n) is 3.18. The van der Waals surface area contributed by atoms with Crippen LogP contribution in [-0.4, -0.2) is 15.9 Å². The molecule has 0 spiro atoms. The summed E-state index contributed by atoms with van der Waals surface area (Å²) in [4.78, 5) is 20.9. The average molecular weight is 349 g/mol. The van der Waals surface area contributed by atoms with Gasteiger partial charge in [0.05, 0.1) is 11.8 Å². The van der Waals surface area contributed by atoms with Gasteiger partial charge in [-0.3, -0.25) is 4.79 Å². The molecule has 24 heavy (non-hydrogen) atoms. The Bertz CT molecular complexity index is 876. The van der Waals surface area contributed by atoms with Crippen molar-refractivity contribution in [3.63, 3.8) is 0 Å². The fourth-order valence-corrected chi connectivity index (χ4v) is 2.74. The van der Waals surface area contributed by atoms with E-state index in [1.165, 1.54) is 23.6 Å². The summed E-state index contributed by atoms with van der Waals surface area (Å²) in [5, 5.41) is 3.22. The van der Waals surface area contributed by atoms with E-state index in [0.717, 1.165) is 17.0 Å². The molecule has 0 atom stereocenters. The van der Waals surface area contributed by atoms with Crippen molar-refractivity contribution in [2.45, 2.75) is 19.8 Å². The van der Waals surface area contributed by atoms with E-state index in [9.17, 15) is 13.6 Å². The molecule has 0 unspecified atom stereocenters. The van der Waals surface area contributed by atoms with E-state index in [4.69, 9.17) is 4.42 Å². The van der Waals surface area contributed by atoms with Gasteiger partial charge >= 0.3 is 0 Å². The molecule has 0 aliphatic carbocycles. The number of carbonyl (C=O) groups is 1. The van der Waals surface area contributed by atoms with Gasteiger partial charge in [0, 0.05) is 30.0 Å². The Labute approximate surface area is 140 Å². The van der Waals surface area contributed by atoms with Crippen LogP contribution in [0.4, 0.5) is 13.9 Å². The van der Waals surface area contributed by atoms with Crippen LogP contribution in [0.3, 0.4) is 0 Å². The smallest absolute Gasteiger partial charge is 0.226 e. The summed E-state index contributed by atoms with van der Waals surface area (Å²) in [5.74, 6) is -1.10. The highest BCUT2D eigenvalue weighted by Crippen LogP contribution is 2.24. The second-order valence-electron chi connectivity index (χ2n) is 5.07. The predicted octanol–water partition coefficient (Wildman–Crippen LogP) is 3.96. The maximum Gasteiger partial charge on any atom is 0.226 e. The van der Waals surface area contributed by atoms with Crippen molar-refractivity contribution >= 4 is 22.4 Å². The number of amides is 1. The van der Waals surface area contributed by atoms with Gasteiger partial charge in [-0.05, 0) is 19.1 Å². The van der Waals surface area contributed by atoms with Gasteiger partial charge in [-0.15, -0.1) is 11.3 Å². The van der Waals surface area contributed by atoms with Gasteiger partial charge in [-0.1, -0.05) is 0 Å². The van der Waals surface area contributed by atoms with Gasteiger partial charge in [0.2, 0.25) is 5.91 Å². The first-order valence-electron chi connectivity index (χ1n) is 7.13. The highest BCUT2D eigenvalue weighted by Gasteiger charge is 2.13. The summed E-state index contributed by atoms with van der Waals surface area (Å²) >= 11 is 1.39. The van der Waals surface area contributed by atoms with Crippen LogP contribution in [0.15, 0.2) is 35.0 Å². The van der Waals surface area contributed by atoms with Gasteiger partial charge in [0.25, 0.3) is 0 Å². The Morgan fingerprint density at radius 1 is 1.29 bits per heavy atom. The first-order valence-corrected chi connectivity index (χ1v) is 7.95. The number of thiazole rings is 1. The molecule has 3 aromatic rings. The van der Waals surface area contributed by atoms with Crippen LogP contribution in [0.25, 0.3) is 11.3 Å². The molecular formula is C16H13F2N3O2S. The molecule has 8 heteroatoms. The Hall–Kier alpha value is -2.61. The third-order valence-corrected chi connectivity index (χ3v) is 4.01. The van der Waals surface area contributed by atoms with Gasteiger partial charge in [-0.2, -0.15) is 0 Å². The summed E-state index contributed by atoms with van der Waals surface area (Å²) in [6, 6.07) is 3.21. The molecule has 1 amide bonds. The Balaban J connectivity index is 1.60. The normalized spacial score (nSPS) is 10.8. The van der Waals surface area contributed by atoms with E-state index < -0.39 is 11.6 Å². The summed E-state index contributed by atoms with van der Waals surface area (Å²) in [6.07, 6.45) is 3.45. The average Bonchev–Trinajstić information content (AvgIpc) is 3.14. The number of anilines is 1. The second kappa shape index (κ2) is 6.88. The molecule has 1 aromatic carbocycles. The zero-order valence-corrected chi connectivity index (χ0v) is 13.5. The lowest BCUT2D eigenvalue weighted by Crippen LogP contribution is -2.12. The molecule has 2 aromatic heterocycles. The molecule has 5 nitrogen and oxygen atoms in total. The van der Waals surface area contributed by atoms with Crippen LogP contribution in [0.2, 0.25) is 0 Å². The first-order chi connectivity index (χ1) is 11.5. The molecule has 0 radical (unpaired) electrons. The number of halogens is 2. The maximum atomic E-state index is 13.7. The van der Waals surface area contributed by atoms with Crippen molar-refractivity contribution in [2.75, 3.05) is 5.32 Å². The molecular weight excluding hydrogens is 336 g/mol. The number of rotatable bonds is 5. The molecule has 0 fully saturated rings. The van der Waals surface area contributed by atoms with E-state index in [-0.39, 0.29) is 30.1 Å². The Kier molecular flexibility index (Phi) is 4.66. The minimum Gasteiger partial charge on any atom is -0.441 e. The molecule has 124 valence electrons. The van der Waals surface area contributed by atoms with Crippen LogP contribution in [-0.2, 0) is 11.2 Å². The fourth-order valence-electron chi connectivity index (χ4n) is 2.05. The quantitative estimate of drug-likeness (QED) is 0.757. The molecule has 2 heterocycles. The van der Waals surface area contributed by atoms with Crippen molar-refractivity contribution in [3.05, 3.63) is 53.0 Å². The van der Waals surface area contributed by atoms with Crippen LogP contribution >= 0.6 is 11.3 Å². The van der Waals surface area contributed by atoms with Crippen LogP contribution in [0, 0.1) is 18.6 Å². The van der Waals surface area contributed by atoms with Gasteiger partial charge < -0.3 is 9.73 Å². The summed E-state index contributed by atoms with van der Waals surface area (Å²) in [5.41, 5.74) is 0.123. The number of oxazole rings is 1. The van der Waals surface area contributed by atoms with Crippen molar-refractivity contribution < 1.29 is 18.0 Å². The Morgan fingerprint density at radius 3 is 2.83 bits per heavy atom. The number of nitrogens with zero attached hydrogens (tertiary/aromatic N) is 2. The topological polar surface area (TPSA) is 68.0 Å². The summed E-state index contributed by atoms with van der Waals surface area (Å²) in [6.45, 7) is 1.90. The van der Waals surface area contributed by atoms with Crippen LogP contribution in [0.5, 0.6) is 0 Å². The first kappa shape index (κ1) is 16.3. The number of nitrogens with one attached hydrogen (secondary N) is 1. The zero-order valence-electron chi connectivity index (χ0n) is 12.7. The van der Waals surface area contributed by atoms with E-state index in [1.807, 2.05) is 6.92 Å². The number of aryl methyl sites for hydroxylation is 2. The lowest BCUT2D eigenvalue weighted by Gasteiger charge is -2.00. The molecule has 3 rings (SSSR count). The molecule has 0 aliphatic heterocycles. The minimum absolute atomic E-state index is 0.123. The van der Waals surface area contributed by atoms with Crippen molar-refractivity contribution in [2.24, 2.45) is 0 Å². The molecule has 0 saturated carbocycles. The molecule has 1 N–H and O–H groups in total. The number of hydrogen-bond donors (Lipinski definition) is 1. The van der Waals surface area contributed by atoms with Gasteiger partial charge in [-0.25, -0.2) is 18.7 Å². The second-order valence-corrected chi connectivity index (χ2v) is 6.30. The van der Waals surface area contributed by atoms with E-state index in [0.29, 0.717) is 11.0 Å². The van der Waals surface area contributed by atoms with Crippen molar-refractivity contribution in [3.8, 4) is 11.3 Å². The number of carbonyl (C=O) groups excluding carboxylic acids is 1. The van der Waals surface area contributed by atoms with Crippen LogP contribution in [0.1, 0.15) is 17.2 Å². The fraction of sp³-hybridized carbons (Fsp3) is 0.188. The van der Waals surface area contributed by atoms with Crippen LogP contribution < -0.4 is 5.32 Å². The number of aromatic nitrogens is 2. The standard InChI is InChI=1S/C16H13F2N3O2S/c1-9-7-20-16(24-9)21-14(22)4-5-15-19-8-13(23-15)11-3-2-10(17)6-12(11)18/h2-3,6-8H,4-5H2,1H3,(H,20,21,22). The van der Waals surface area contributed by atoms with E-state index >= 15 is 0 Å².